The lowest BCUT2D eigenvalue weighted by Crippen LogP contribution is -2.56. The zero-order chi connectivity index (χ0) is 32.7. The summed E-state index contributed by atoms with van der Waals surface area (Å²) in [4.78, 5) is 42.3. The van der Waals surface area contributed by atoms with Crippen LogP contribution >= 0.6 is 15.9 Å². The van der Waals surface area contributed by atoms with E-state index in [1.807, 2.05) is 70.2 Å². The van der Waals surface area contributed by atoms with Crippen LogP contribution in [-0.2, 0) is 27.2 Å². The van der Waals surface area contributed by atoms with Gasteiger partial charge in [0.05, 0.1) is 29.2 Å². The summed E-state index contributed by atoms with van der Waals surface area (Å²) in [6, 6.07) is 18.4. The van der Waals surface area contributed by atoms with E-state index in [2.05, 4.69) is 26.6 Å². The number of aryl methyl sites for hydroxylation is 2. The quantitative estimate of drug-likeness (QED) is 0.177. The van der Waals surface area contributed by atoms with Crippen molar-refractivity contribution in [3.8, 4) is 11.5 Å². The van der Waals surface area contributed by atoms with Crippen LogP contribution in [0.5, 0.6) is 11.5 Å². The summed E-state index contributed by atoms with van der Waals surface area (Å²) < 4.78 is 12.5. The molecule has 0 radical (unpaired) electrons. The number of Topliss-reactive ketones (excluding diaryl/α,β-unsaturated/α-hetero) is 1. The molecule has 9 heteroatoms. The van der Waals surface area contributed by atoms with Crippen molar-refractivity contribution in [2.75, 3.05) is 23.8 Å². The highest BCUT2D eigenvalue weighted by molar-refractivity contribution is 9.10. The second-order valence-corrected chi connectivity index (χ2v) is 12.4. The molecular formula is C36H43BrN2O6. The predicted octanol–water partition coefficient (Wildman–Crippen LogP) is 7.08. The Kier molecular flexibility index (Phi) is 11.4. The van der Waals surface area contributed by atoms with Crippen molar-refractivity contribution in [1.29, 1.82) is 0 Å². The maximum atomic E-state index is 14.3. The van der Waals surface area contributed by atoms with Gasteiger partial charge >= 0.3 is 0 Å². The highest BCUT2D eigenvalue weighted by Gasteiger charge is 2.56. The molecule has 4 atom stereocenters. The monoisotopic (exact) mass is 678 g/mol. The minimum absolute atomic E-state index is 0.342. The number of nitrogens with one attached hydrogen (secondary N) is 2. The van der Waals surface area contributed by atoms with Gasteiger partial charge in [-0.2, -0.15) is 0 Å². The average Bonchev–Trinajstić information content (AvgIpc) is 3.00. The first-order chi connectivity index (χ1) is 21.6. The minimum Gasteiger partial charge on any atom is -0.490 e. The molecule has 1 aliphatic rings. The van der Waals surface area contributed by atoms with Gasteiger partial charge in [-0.15, -0.1) is 0 Å². The third-order valence-electron chi connectivity index (χ3n) is 8.31. The highest BCUT2D eigenvalue weighted by Crippen LogP contribution is 2.49. The van der Waals surface area contributed by atoms with Gasteiger partial charge in [-0.1, -0.05) is 57.2 Å². The van der Waals surface area contributed by atoms with E-state index in [1.54, 1.807) is 18.2 Å². The average molecular weight is 680 g/mol. The molecule has 240 valence electrons. The number of carbonyl (C=O) groups excluding carboxylic acids is 3. The maximum absolute atomic E-state index is 14.3. The number of benzene rings is 3. The number of amides is 2. The third kappa shape index (κ3) is 7.59. The van der Waals surface area contributed by atoms with E-state index in [0.717, 1.165) is 17.5 Å². The Hall–Kier alpha value is -3.69. The van der Waals surface area contributed by atoms with Gasteiger partial charge in [0, 0.05) is 23.7 Å². The largest absolute Gasteiger partial charge is 0.490 e. The van der Waals surface area contributed by atoms with Crippen molar-refractivity contribution in [2.45, 2.75) is 71.8 Å². The van der Waals surface area contributed by atoms with E-state index in [9.17, 15) is 19.5 Å². The molecule has 0 spiro atoms. The summed E-state index contributed by atoms with van der Waals surface area (Å²) in [6.45, 7) is 10.1. The van der Waals surface area contributed by atoms with Crippen molar-refractivity contribution in [1.82, 2.24) is 0 Å². The third-order valence-corrected chi connectivity index (χ3v) is 8.90. The summed E-state index contributed by atoms with van der Waals surface area (Å²) >= 11 is 3.61. The van der Waals surface area contributed by atoms with Crippen molar-refractivity contribution >= 4 is 44.9 Å². The Bertz CT molecular complexity index is 1540. The summed E-state index contributed by atoms with van der Waals surface area (Å²) in [5, 5.41) is 17.8. The van der Waals surface area contributed by atoms with Gasteiger partial charge < -0.3 is 25.2 Å². The van der Waals surface area contributed by atoms with Gasteiger partial charge in [-0.05, 0) is 90.0 Å². The van der Waals surface area contributed by atoms with Gasteiger partial charge in [0.15, 0.2) is 11.5 Å². The lowest BCUT2D eigenvalue weighted by Gasteiger charge is -2.44. The van der Waals surface area contributed by atoms with Gasteiger partial charge in [-0.3, -0.25) is 14.4 Å². The minimum atomic E-state index is -1.75. The first-order valence-electron chi connectivity index (χ1n) is 15.7. The first kappa shape index (κ1) is 34.2. The Labute approximate surface area is 274 Å². The summed E-state index contributed by atoms with van der Waals surface area (Å²) in [5.74, 6) is -4.02. The molecule has 0 bridgehead atoms. The number of ketones is 1. The van der Waals surface area contributed by atoms with E-state index < -0.39 is 41.0 Å². The van der Waals surface area contributed by atoms with Crippen LogP contribution in [0.2, 0.25) is 0 Å². The Balaban J connectivity index is 1.88. The Morgan fingerprint density at radius 1 is 0.911 bits per heavy atom. The summed E-state index contributed by atoms with van der Waals surface area (Å²) in [5.41, 5.74) is 1.82. The second-order valence-electron chi connectivity index (χ2n) is 11.6. The molecular weight excluding hydrogens is 636 g/mol. The molecule has 8 nitrogen and oxygen atoms in total. The van der Waals surface area contributed by atoms with Crippen LogP contribution in [0.3, 0.4) is 0 Å². The van der Waals surface area contributed by atoms with Crippen LogP contribution < -0.4 is 20.1 Å². The standard InChI is InChI=1S/C36H43BrN2O6/c1-6-18-45-33-25(37)19-24(20-29(33)44-9-4)30-31(34(41)38-26-16-12-10-14-22(26)7-2)28(40)21-36(5,43)32(30)35(42)39-27-17-13-11-15-23(27)8-3/h10-17,19-20,30-32,43H,6-9,18,21H2,1-5H3,(H,38,41)(H,39,42). The zero-order valence-electron chi connectivity index (χ0n) is 26.6. The number of aliphatic hydroxyl groups is 1. The van der Waals surface area contributed by atoms with E-state index in [4.69, 9.17) is 9.47 Å². The number of hydrogen-bond donors (Lipinski definition) is 3. The van der Waals surface area contributed by atoms with Crippen LogP contribution in [0.15, 0.2) is 65.1 Å². The second kappa shape index (κ2) is 15.1. The fourth-order valence-electron chi connectivity index (χ4n) is 6.20. The molecule has 2 amide bonds. The number of halogens is 1. The van der Waals surface area contributed by atoms with E-state index >= 15 is 0 Å². The SMILES string of the molecule is CCCOc1c(Br)cc(C2C(C(=O)Nc3ccccc3CC)C(=O)CC(C)(O)C2C(=O)Nc2ccccc2CC)cc1OCC. The number of anilines is 2. The number of para-hydroxylation sites is 2. The lowest BCUT2D eigenvalue weighted by molar-refractivity contribution is -0.150. The van der Waals surface area contributed by atoms with Crippen LogP contribution in [0.25, 0.3) is 0 Å². The molecule has 0 saturated heterocycles. The molecule has 3 aromatic rings. The molecule has 1 saturated carbocycles. The first-order valence-corrected chi connectivity index (χ1v) is 16.5. The zero-order valence-corrected chi connectivity index (χ0v) is 28.2. The van der Waals surface area contributed by atoms with Crippen molar-refractivity contribution in [2.24, 2.45) is 11.8 Å². The smallest absolute Gasteiger partial charge is 0.235 e. The van der Waals surface area contributed by atoms with Crippen molar-refractivity contribution in [3.63, 3.8) is 0 Å². The summed E-state index contributed by atoms with van der Waals surface area (Å²) in [7, 11) is 0. The fourth-order valence-corrected chi connectivity index (χ4v) is 6.78. The topological polar surface area (TPSA) is 114 Å². The van der Waals surface area contributed by atoms with Crippen molar-refractivity contribution < 1.29 is 29.0 Å². The maximum Gasteiger partial charge on any atom is 0.235 e. The molecule has 45 heavy (non-hydrogen) atoms. The van der Waals surface area contributed by atoms with Gasteiger partial charge in [0.25, 0.3) is 0 Å². The van der Waals surface area contributed by atoms with Crippen LogP contribution in [0, 0.1) is 11.8 Å². The van der Waals surface area contributed by atoms with E-state index in [-0.39, 0.29) is 6.42 Å². The molecule has 1 fully saturated rings. The highest BCUT2D eigenvalue weighted by atomic mass is 79.9. The van der Waals surface area contributed by atoms with Crippen LogP contribution in [-0.4, -0.2) is 41.5 Å². The number of hydrogen-bond acceptors (Lipinski definition) is 6. The molecule has 3 N–H and O–H groups in total. The Morgan fingerprint density at radius 3 is 2.04 bits per heavy atom. The van der Waals surface area contributed by atoms with E-state index in [0.29, 0.717) is 59.0 Å². The molecule has 4 unspecified atom stereocenters. The predicted molar refractivity (Wildman–Crippen MR) is 180 cm³/mol. The molecule has 0 aromatic heterocycles. The Morgan fingerprint density at radius 2 is 1.49 bits per heavy atom. The lowest BCUT2D eigenvalue weighted by atomic mass is 9.61. The molecule has 3 aromatic carbocycles. The normalized spacial score (nSPS) is 21.2. The fraction of sp³-hybridized carbons (Fsp3) is 0.417. The molecule has 0 heterocycles. The van der Waals surface area contributed by atoms with Gasteiger partial charge in [0.1, 0.15) is 11.7 Å². The van der Waals surface area contributed by atoms with Crippen LogP contribution in [0.4, 0.5) is 11.4 Å². The molecule has 1 aliphatic carbocycles. The number of ether oxygens (including phenoxy) is 2. The van der Waals surface area contributed by atoms with Gasteiger partial charge in [-0.25, -0.2) is 0 Å². The van der Waals surface area contributed by atoms with Crippen molar-refractivity contribution in [3.05, 3.63) is 81.8 Å². The van der Waals surface area contributed by atoms with E-state index in [1.165, 1.54) is 6.92 Å². The number of carbonyl (C=O) groups is 3. The molecule has 0 aliphatic heterocycles. The van der Waals surface area contributed by atoms with Crippen LogP contribution in [0.1, 0.15) is 70.1 Å². The number of rotatable bonds is 12. The summed E-state index contributed by atoms with van der Waals surface area (Å²) in [6.07, 6.45) is 1.79. The molecule has 4 rings (SSSR count). The van der Waals surface area contributed by atoms with Gasteiger partial charge in [0.2, 0.25) is 11.8 Å².